The second-order valence-corrected chi connectivity index (χ2v) is 2.93. The fraction of sp³-hybridized carbons (Fsp3) is 0.0909. The van der Waals surface area contributed by atoms with E-state index in [9.17, 15) is 4.79 Å². The summed E-state index contributed by atoms with van der Waals surface area (Å²) in [7, 11) is 0. The number of rotatable bonds is 1. The zero-order chi connectivity index (χ0) is 9.97. The number of nitrogens with zero attached hydrogens (tertiary/aromatic N) is 1. The maximum atomic E-state index is 10.8. The van der Waals surface area contributed by atoms with Crippen LogP contribution in [0.15, 0.2) is 36.5 Å². The normalized spacial score (nSPS) is 8.81. The van der Waals surface area contributed by atoms with E-state index < -0.39 is 0 Å². The van der Waals surface area contributed by atoms with Crippen LogP contribution in [0.4, 0.5) is 0 Å². The molecule has 0 N–H and O–H groups in total. The molecule has 0 atom stereocenters. The van der Waals surface area contributed by atoms with E-state index in [1.54, 1.807) is 6.20 Å². The fourth-order valence-electron chi connectivity index (χ4n) is 1.31. The number of carbonyl (C=O) groups is 1. The molecule has 0 spiro atoms. The summed E-state index contributed by atoms with van der Waals surface area (Å²) in [6.45, 7) is 1.36. The molecule has 0 aliphatic carbocycles. The Hall–Kier alpha value is 0.243. The van der Waals surface area contributed by atoms with Gasteiger partial charge in [-0.25, -0.2) is 4.98 Å². The van der Waals surface area contributed by atoms with Crippen molar-refractivity contribution >= 4 is 68.1 Å². The van der Waals surface area contributed by atoms with Gasteiger partial charge in [0.25, 0.3) is 0 Å². The Morgan fingerprint density at radius 1 is 1.25 bits per heavy atom. The Morgan fingerprint density at radius 3 is 2.62 bits per heavy atom. The molecule has 0 bridgehead atoms. The second kappa shape index (κ2) is 7.55. The predicted octanol–water partition coefficient (Wildman–Crippen LogP) is 1.51. The summed E-state index contributed by atoms with van der Waals surface area (Å²) in [5.74, 6) is 0.0180. The molecule has 0 amide bonds. The minimum absolute atomic E-state index is 0. The van der Waals surface area contributed by atoms with Crippen LogP contribution in [0.2, 0.25) is 0 Å². The van der Waals surface area contributed by atoms with Crippen LogP contribution in [-0.4, -0.2) is 62.3 Å². The van der Waals surface area contributed by atoms with Gasteiger partial charge in [-0.15, -0.1) is 0 Å². The van der Waals surface area contributed by atoms with Crippen molar-refractivity contribution in [1.29, 1.82) is 0 Å². The average molecular weight is 286 g/mol. The molecular weight excluding hydrogens is 276 g/mol. The number of aromatic nitrogens is 1. The SMILES string of the molecule is CC(=O)Oc1nccc2ccccc12.[Co].[KH]. The Kier molecular flexibility index (Phi) is 7.66. The first-order valence-corrected chi connectivity index (χ1v) is 4.29. The van der Waals surface area contributed by atoms with E-state index in [0.29, 0.717) is 5.88 Å². The first-order valence-electron chi connectivity index (χ1n) is 4.29. The monoisotopic (exact) mass is 286 g/mol. The first-order chi connectivity index (χ1) is 6.77. The van der Waals surface area contributed by atoms with Gasteiger partial charge in [0.15, 0.2) is 0 Å². The van der Waals surface area contributed by atoms with Crippen LogP contribution < -0.4 is 4.74 Å². The molecule has 2 rings (SSSR count). The summed E-state index contributed by atoms with van der Waals surface area (Å²) in [6, 6.07) is 9.52. The van der Waals surface area contributed by atoms with E-state index in [4.69, 9.17) is 4.74 Å². The molecule has 0 aliphatic rings. The van der Waals surface area contributed by atoms with Crippen molar-refractivity contribution in [3.8, 4) is 5.88 Å². The number of pyridine rings is 1. The summed E-state index contributed by atoms with van der Waals surface area (Å²) in [5, 5.41) is 1.86. The molecule has 0 saturated carbocycles. The number of hydrogen-bond acceptors (Lipinski definition) is 3. The third-order valence-electron chi connectivity index (χ3n) is 1.88. The predicted molar refractivity (Wildman–Crippen MR) is 60.2 cm³/mol. The van der Waals surface area contributed by atoms with E-state index in [0.717, 1.165) is 10.8 Å². The zero-order valence-corrected chi connectivity index (χ0v) is 9.10. The Bertz CT molecular complexity index is 485. The van der Waals surface area contributed by atoms with Gasteiger partial charge in [-0.1, -0.05) is 18.2 Å². The topological polar surface area (TPSA) is 39.2 Å². The summed E-state index contributed by atoms with van der Waals surface area (Å²) in [4.78, 5) is 14.8. The minimum atomic E-state index is -0.353. The molecule has 81 valence electrons. The van der Waals surface area contributed by atoms with Gasteiger partial charge >= 0.3 is 57.4 Å². The molecule has 0 unspecified atom stereocenters. The van der Waals surface area contributed by atoms with Gasteiger partial charge in [0.1, 0.15) is 0 Å². The van der Waals surface area contributed by atoms with E-state index in [-0.39, 0.29) is 74.1 Å². The van der Waals surface area contributed by atoms with Crippen LogP contribution in [0, 0.1) is 0 Å². The van der Waals surface area contributed by atoms with Crippen LogP contribution in [0.1, 0.15) is 6.92 Å². The van der Waals surface area contributed by atoms with E-state index in [1.165, 1.54) is 6.92 Å². The van der Waals surface area contributed by atoms with E-state index in [1.807, 2.05) is 30.3 Å². The van der Waals surface area contributed by atoms with Crippen molar-refractivity contribution in [2.45, 2.75) is 6.92 Å². The summed E-state index contributed by atoms with van der Waals surface area (Å²) in [5.41, 5.74) is 0. The Balaban J connectivity index is 0.00000112. The molecule has 16 heavy (non-hydrogen) atoms. The summed E-state index contributed by atoms with van der Waals surface area (Å²) in [6.07, 6.45) is 1.63. The van der Waals surface area contributed by atoms with E-state index >= 15 is 0 Å². The molecule has 1 radical (unpaired) electrons. The quantitative estimate of drug-likeness (QED) is 0.589. The van der Waals surface area contributed by atoms with Gasteiger partial charge in [0.2, 0.25) is 5.88 Å². The average Bonchev–Trinajstić information content (AvgIpc) is 2.18. The molecular formula is C11H10CoKNO2. The molecule has 1 aromatic heterocycles. The Labute approximate surface area is 147 Å². The van der Waals surface area contributed by atoms with Gasteiger partial charge in [-0.3, -0.25) is 4.79 Å². The third-order valence-corrected chi connectivity index (χ3v) is 1.88. The summed E-state index contributed by atoms with van der Waals surface area (Å²) < 4.78 is 4.98. The fourth-order valence-corrected chi connectivity index (χ4v) is 1.31. The van der Waals surface area contributed by atoms with Gasteiger partial charge in [-0.2, -0.15) is 0 Å². The number of carbonyl (C=O) groups excluding carboxylic acids is 1. The van der Waals surface area contributed by atoms with E-state index in [2.05, 4.69) is 4.98 Å². The van der Waals surface area contributed by atoms with Crippen LogP contribution in [0.25, 0.3) is 10.8 Å². The number of ether oxygens (including phenoxy) is 1. The molecule has 5 heteroatoms. The molecule has 0 aliphatic heterocycles. The van der Waals surface area contributed by atoms with Crippen LogP contribution in [-0.2, 0) is 21.6 Å². The zero-order valence-electron chi connectivity index (χ0n) is 8.06. The van der Waals surface area contributed by atoms with Gasteiger partial charge in [0.05, 0.1) is 0 Å². The van der Waals surface area contributed by atoms with Crippen molar-refractivity contribution in [2.75, 3.05) is 0 Å². The van der Waals surface area contributed by atoms with Gasteiger partial charge in [-0.05, 0) is 17.5 Å². The van der Waals surface area contributed by atoms with Crippen molar-refractivity contribution in [2.24, 2.45) is 0 Å². The first kappa shape index (κ1) is 16.2. The standard InChI is InChI=1S/C11H9NO2.Co.K.H/c1-8(13)14-11-10-5-3-2-4-9(10)6-7-12-11;;;/h2-7H,1H3;;;. The van der Waals surface area contributed by atoms with Crippen molar-refractivity contribution in [1.82, 2.24) is 4.98 Å². The van der Waals surface area contributed by atoms with Crippen LogP contribution in [0.3, 0.4) is 0 Å². The number of fused-ring (bicyclic) bond motifs is 1. The third kappa shape index (κ3) is 3.92. The molecule has 3 nitrogen and oxygen atoms in total. The van der Waals surface area contributed by atoms with Crippen molar-refractivity contribution < 1.29 is 26.3 Å². The van der Waals surface area contributed by atoms with Crippen LogP contribution in [0.5, 0.6) is 5.88 Å². The number of esters is 1. The van der Waals surface area contributed by atoms with Crippen LogP contribution >= 0.6 is 0 Å². The Morgan fingerprint density at radius 2 is 1.94 bits per heavy atom. The van der Waals surface area contributed by atoms with Crippen molar-refractivity contribution in [3.63, 3.8) is 0 Å². The van der Waals surface area contributed by atoms with Gasteiger partial charge in [0, 0.05) is 35.3 Å². The molecule has 2 aromatic rings. The molecule has 0 fully saturated rings. The van der Waals surface area contributed by atoms with Crippen molar-refractivity contribution in [3.05, 3.63) is 36.5 Å². The maximum absolute atomic E-state index is 10.8. The summed E-state index contributed by atoms with van der Waals surface area (Å²) >= 11 is 0. The molecule has 0 saturated heterocycles. The number of hydrogen-bond donors (Lipinski definition) is 0. The number of benzene rings is 1. The second-order valence-electron chi connectivity index (χ2n) is 2.93. The molecule has 1 aromatic carbocycles. The molecule has 1 heterocycles. The van der Waals surface area contributed by atoms with Gasteiger partial charge < -0.3 is 4.74 Å².